The predicted molar refractivity (Wildman–Crippen MR) is 78.9 cm³/mol. The van der Waals surface area contributed by atoms with Crippen LogP contribution in [0.15, 0.2) is 0 Å². The summed E-state index contributed by atoms with van der Waals surface area (Å²) in [6, 6.07) is 0. The van der Waals surface area contributed by atoms with E-state index in [-0.39, 0.29) is 23.2 Å². The number of aliphatic hydroxyl groups excluding tert-OH is 2. The van der Waals surface area contributed by atoms with Crippen molar-refractivity contribution in [3.63, 3.8) is 0 Å². The molecule has 1 saturated carbocycles. The Morgan fingerprint density at radius 1 is 1.14 bits per heavy atom. The van der Waals surface area contributed by atoms with Gasteiger partial charge in [0.15, 0.2) is 11.8 Å². The lowest BCUT2D eigenvalue weighted by atomic mass is 9.87. The van der Waals surface area contributed by atoms with Crippen molar-refractivity contribution in [2.45, 2.75) is 62.4 Å². The molecule has 5 atom stereocenters. The predicted octanol–water partition coefficient (Wildman–Crippen LogP) is 1.99. The van der Waals surface area contributed by atoms with Crippen LogP contribution in [0.25, 0.3) is 0 Å². The smallest absolute Gasteiger partial charge is 0.200 e. The first-order chi connectivity index (χ1) is 10.4. The minimum atomic E-state index is -1.20. The van der Waals surface area contributed by atoms with Crippen molar-refractivity contribution >= 4 is 11.6 Å². The number of hydrogen-bond donors (Lipinski definition) is 4. The maximum absolute atomic E-state index is 13.4. The van der Waals surface area contributed by atoms with E-state index in [1.165, 1.54) is 4.57 Å². The van der Waals surface area contributed by atoms with E-state index in [1.54, 1.807) is 0 Å². The molecule has 124 valence electrons. The molecular weight excluding hydrogens is 313 g/mol. The Hall–Kier alpha value is -0.980. The SMILES string of the molecule is Oc1c2c(c(O)n1CC1CCC(F)C(Cl)C1)C(O)C(O)CC2. The maximum atomic E-state index is 13.4. The zero-order valence-electron chi connectivity index (χ0n) is 12.1. The van der Waals surface area contributed by atoms with Gasteiger partial charge in [-0.05, 0) is 38.0 Å². The minimum Gasteiger partial charge on any atom is -0.494 e. The Morgan fingerprint density at radius 3 is 2.55 bits per heavy atom. The van der Waals surface area contributed by atoms with Crippen LogP contribution < -0.4 is 0 Å². The molecule has 0 aromatic carbocycles. The lowest BCUT2D eigenvalue weighted by molar-refractivity contribution is 0.00511. The average Bonchev–Trinajstić information content (AvgIpc) is 2.72. The lowest BCUT2D eigenvalue weighted by Gasteiger charge is -2.28. The summed E-state index contributed by atoms with van der Waals surface area (Å²) >= 11 is 5.97. The van der Waals surface area contributed by atoms with Gasteiger partial charge in [0.05, 0.1) is 17.0 Å². The first-order valence-corrected chi connectivity index (χ1v) is 8.11. The van der Waals surface area contributed by atoms with Gasteiger partial charge in [-0.25, -0.2) is 4.39 Å². The molecule has 3 rings (SSSR count). The molecule has 2 aliphatic rings. The zero-order chi connectivity index (χ0) is 16.0. The Bertz CT molecular complexity index is 564. The number of rotatable bonds is 2. The summed E-state index contributed by atoms with van der Waals surface area (Å²) < 4.78 is 14.8. The normalized spacial score (nSPS) is 35.4. The Balaban J connectivity index is 1.85. The third kappa shape index (κ3) is 2.57. The van der Waals surface area contributed by atoms with Crippen LogP contribution in [0.1, 0.15) is 42.9 Å². The molecule has 0 spiro atoms. The zero-order valence-corrected chi connectivity index (χ0v) is 12.9. The first kappa shape index (κ1) is 15.9. The van der Waals surface area contributed by atoms with Crippen LogP contribution in [0, 0.1) is 5.92 Å². The summed E-state index contributed by atoms with van der Waals surface area (Å²) in [6.07, 6.45) is -0.914. The molecule has 5 unspecified atom stereocenters. The summed E-state index contributed by atoms with van der Waals surface area (Å²) in [4.78, 5) is 0. The fraction of sp³-hybridized carbons (Fsp3) is 0.733. The van der Waals surface area contributed by atoms with E-state index in [4.69, 9.17) is 11.6 Å². The van der Waals surface area contributed by atoms with Crippen molar-refractivity contribution in [1.82, 2.24) is 4.57 Å². The second-order valence-corrected chi connectivity index (χ2v) is 6.97. The third-order valence-electron chi connectivity index (χ3n) is 4.94. The van der Waals surface area contributed by atoms with Crippen LogP contribution >= 0.6 is 11.6 Å². The number of alkyl halides is 2. The van der Waals surface area contributed by atoms with Gasteiger partial charge in [0.2, 0.25) is 0 Å². The van der Waals surface area contributed by atoms with E-state index in [1.807, 2.05) is 0 Å². The standard InChI is InChI=1S/C15H21ClFNO4/c16-9-5-7(1-3-10(9)17)6-18-14(21)8-2-4-11(19)13(20)12(8)15(18)22/h7,9-11,13,19-22H,1-6H2. The van der Waals surface area contributed by atoms with Crippen molar-refractivity contribution in [2.24, 2.45) is 5.92 Å². The largest absolute Gasteiger partial charge is 0.494 e. The summed E-state index contributed by atoms with van der Waals surface area (Å²) in [5.74, 6) is -0.235. The minimum absolute atomic E-state index is 0.0576. The van der Waals surface area contributed by atoms with Gasteiger partial charge in [0, 0.05) is 12.1 Å². The number of fused-ring (bicyclic) bond motifs is 1. The highest BCUT2D eigenvalue weighted by atomic mass is 35.5. The van der Waals surface area contributed by atoms with Gasteiger partial charge in [-0.2, -0.15) is 0 Å². The monoisotopic (exact) mass is 333 g/mol. The Kier molecular flexibility index (Phi) is 4.27. The van der Waals surface area contributed by atoms with Crippen LogP contribution in [0.3, 0.4) is 0 Å². The van der Waals surface area contributed by atoms with Crippen LogP contribution in [-0.2, 0) is 13.0 Å². The van der Waals surface area contributed by atoms with Crippen LogP contribution in [0.4, 0.5) is 4.39 Å². The van der Waals surface area contributed by atoms with E-state index in [9.17, 15) is 24.8 Å². The van der Waals surface area contributed by atoms with E-state index in [2.05, 4.69) is 0 Å². The van der Waals surface area contributed by atoms with Gasteiger partial charge >= 0.3 is 0 Å². The molecule has 1 aromatic rings. The maximum Gasteiger partial charge on any atom is 0.200 e. The van der Waals surface area contributed by atoms with Crippen molar-refractivity contribution in [2.75, 3.05) is 0 Å². The summed E-state index contributed by atoms with van der Waals surface area (Å²) in [5, 5.41) is 39.8. The summed E-state index contributed by atoms with van der Waals surface area (Å²) in [5.41, 5.74) is 0.690. The fourth-order valence-corrected chi connectivity index (χ4v) is 4.00. The number of hydrogen-bond acceptors (Lipinski definition) is 4. The molecule has 4 N–H and O–H groups in total. The van der Waals surface area contributed by atoms with E-state index in [0.717, 1.165) is 0 Å². The lowest BCUT2D eigenvalue weighted by Crippen LogP contribution is -2.28. The summed E-state index contributed by atoms with van der Waals surface area (Å²) in [6.45, 7) is 0.323. The summed E-state index contributed by atoms with van der Waals surface area (Å²) in [7, 11) is 0. The van der Waals surface area contributed by atoms with Crippen molar-refractivity contribution in [3.8, 4) is 11.8 Å². The number of nitrogens with zero attached hydrogens (tertiary/aromatic N) is 1. The molecule has 0 aliphatic heterocycles. The molecule has 22 heavy (non-hydrogen) atoms. The molecule has 5 nitrogen and oxygen atoms in total. The second kappa shape index (κ2) is 5.91. The van der Waals surface area contributed by atoms with Crippen LogP contribution in [0.2, 0.25) is 0 Å². The van der Waals surface area contributed by atoms with Gasteiger partial charge in [-0.15, -0.1) is 11.6 Å². The number of aromatic nitrogens is 1. The van der Waals surface area contributed by atoms with Gasteiger partial charge in [-0.3, -0.25) is 4.57 Å². The first-order valence-electron chi connectivity index (χ1n) is 7.67. The van der Waals surface area contributed by atoms with Crippen LogP contribution in [0.5, 0.6) is 11.8 Å². The molecule has 0 radical (unpaired) electrons. The highest BCUT2D eigenvalue weighted by molar-refractivity contribution is 6.21. The number of aliphatic hydroxyl groups is 2. The molecule has 1 heterocycles. The second-order valence-electron chi connectivity index (χ2n) is 6.41. The number of halogens is 2. The van der Waals surface area contributed by atoms with Gasteiger partial charge in [0.25, 0.3) is 0 Å². The molecule has 2 aliphatic carbocycles. The third-order valence-corrected chi connectivity index (χ3v) is 5.39. The van der Waals surface area contributed by atoms with E-state index in [0.29, 0.717) is 44.2 Å². The molecular formula is C15H21ClFNO4. The molecule has 0 amide bonds. The number of aromatic hydroxyl groups is 2. The van der Waals surface area contributed by atoms with Crippen LogP contribution in [-0.4, -0.2) is 42.6 Å². The highest BCUT2D eigenvalue weighted by Crippen LogP contribution is 2.44. The van der Waals surface area contributed by atoms with Crippen molar-refractivity contribution in [1.29, 1.82) is 0 Å². The van der Waals surface area contributed by atoms with E-state index >= 15 is 0 Å². The Labute approximate surface area is 132 Å². The van der Waals surface area contributed by atoms with Gasteiger partial charge in [-0.1, -0.05) is 0 Å². The Morgan fingerprint density at radius 2 is 1.86 bits per heavy atom. The van der Waals surface area contributed by atoms with Crippen molar-refractivity contribution < 1.29 is 24.8 Å². The van der Waals surface area contributed by atoms with Crippen molar-refractivity contribution in [3.05, 3.63) is 11.1 Å². The quantitative estimate of drug-likeness (QED) is 0.623. The molecule has 1 fully saturated rings. The molecule has 1 aromatic heterocycles. The topological polar surface area (TPSA) is 85.9 Å². The molecule has 7 heteroatoms. The molecule has 0 saturated heterocycles. The van der Waals surface area contributed by atoms with Gasteiger partial charge < -0.3 is 20.4 Å². The average molecular weight is 334 g/mol. The van der Waals surface area contributed by atoms with E-state index < -0.39 is 23.8 Å². The molecule has 0 bridgehead atoms. The highest BCUT2D eigenvalue weighted by Gasteiger charge is 2.36. The van der Waals surface area contributed by atoms with Gasteiger partial charge in [0.1, 0.15) is 12.3 Å². The fourth-order valence-electron chi connectivity index (χ4n) is 3.62.